The van der Waals surface area contributed by atoms with Gasteiger partial charge in [0.1, 0.15) is 0 Å². The molecule has 0 aliphatic carbocycles. The fourth-order valence-electron chi connectivity index (χ4n) is 2.38. The van der Waals surface area contributed by atoms with Crippen LogP contribution in [0.1, 0.15) is 36.9 Å². The molecule has 1 N–H and O–H groups in total. The molecule has 0 bridgehead atoms. The Morgan fingerprint density at radius 3 is 2.57 bits per heavy atom. The summed E-state index contributed by atoms with van der Waals surface area (Å²) in [6, 6.07) is 17.4. The lowest BCUT2D eigenvalue weighted by Crippen LogP contribution is -2.20. The zero-order chi connectivity index (χ0) is 15.1. The quantitative estimate of drug-likeness (QED) is 0.611. The molecule has 0 spiro atoms. The van der Waals surface area contributed by atoms with Crippen LogP contribution in [-0.2, 0) is 6.54 Å². The standard InChI is InChI=1S/C17H20N2O2/c1-2-7-17(15-9-4-3-5-10-15)18-13-14-8-6-11-16(12-14)19(20)21/h3-6,8-12,17-18H,2,7,13H2,1H3. The van der Waals surface area contributed by atoms with Gasteiger partial charge in [0.05, 0.1) is 4.92 Å². The van der Waals surface area contributed by atoms with E-state index in [1.807, 2.05) is 24.3 Å². The van der Waals surface area contributed by atoms with Gasteiger partial charge in [0, 0.05) is 24.7 Å². The van der Waals surface area contributed by atoms with E-state index in [1.54, 1.807) is 12.1 Å². The van der Waals surface area contributed by atoms with E-state index in [0.29, 0.717) is 6.54 Å². The fraction of sp³-hybridized carbons (Fsp3) is 0.294. The van der Waals surface area contributed by atoms with Crippen molar-refractivity contribution in [2.24, 2.45) is 0 Å². The summed E-state index contributed by atoms with van der Waals surface area (Å²) in [5.74, 6) is 0. The number of nitrogens with one attached hydrogen (secondary N) is 1. The molecule has 2 aromatic carbocycles. The molecule has 0 aliphatic rings. The maximum absolute atomic E-state index is 10.8. The maximum Gasteiger partial charge on any atom is 0.269 e. The van der Waals surface area contributed by atoms with Crippen LogP contribution >= 0.6 is 0 Å². The minimum absolute atomic E-state index is 0.140. The van der Waals surface area contributed by atoms with Gasteiger partial charge in [-0.1, -0.05) is 55.8 Å². The summed E-state index contributed by atoms with van der Waals surface area (Å²) in [6.45, 7) is 2.78. The Morgan fingerprint density at radius 1 is 1.14 bits per heavy atom. The zero-order valence-corrected chi connectivity index (χ0v) is 12.2. The van der Waals surface area contributed by atoms with Crippen molar-refractivity contribution in [1.29, 1.82) is 0 Å². The smallest absolute Gasteiger partial charge is 0.269 e. The highest BCUT2D eigenvalue weighted by Crippen LogP contribution is 2.19. The van der Waals surface area contributed by atoms with E-state index in [1.165, 1.54) is 11.6 Å². The minimum Gasteiger partial charge on any atom is -0.306 e. The number of hydrogen-bond donors (Lipinski definition) is 1. The third-order valence-electron chi connectivity index (χ3n) is 3.45. The second kappa shape index (κ2) is 7.55. The molecule has 1 atom stereocenters. The predicted molar refractivity (Wildman–Crippen MR) is 84.0 cm³/mol. The van der Waals surface area contributed by atoms with Crippen molar-refractivity contribution in [3.63, 3.8) is 0 Å². The number of hydrogen-bond acceptors (Lipinski definition) is 3. The molecule has 0 amide bonds. The van der Waals surface area contributed by atoms with Gasteiger partial charge < -0.3 is 5.32 Å². The van der Waals surface area contributed by atoms with Crippen molar-refractivity contribution in [1.82, 2.24) is 5.32 Å². The molecular weight excluding hydrogens is 264 g/mol. The van der Waals surface area contributed by atoms with Crippen LogP contribution in [0.15, 0.2) is 54.6 Å². The van der Waals surface area contributed by atoms with Gasteiger partial charge in [0.25, 0.3) is 5.69 Å². The van der Waals surface area contributed by atoms with E-state index in [4.69, 9.17) is 0 Å². The maximum atomic E-state index is 10.8. The Kier molecular flexibility index (Phi) is 5.46. The van der Waals surface area contributed by atoms with E-state index < -0.39 is 0 Å². The SMILES string of the molecule is CCCC(NCc1cccc([N+](=O)[O-])c1)c1ccccc1. The van der Waals surface area contributed by atoms with Crippen molar-refractivity contribution in [3.8, 4) is 0 Å². The first-order chi connectivity index (χ1) is 10.2. The summed E-state index contributed by atoms with van der Waals surface area (Å²) in [7, 11) is 0. The van der Waals surface area contributed by atoms with Gasteiger partial charge in [-0.2, -0.15) is 0 Å². The van der Waals surface area contributed by atoms with Crippen LogP contribution in [0.3, 0.4) is 0 Å². The average molecular weight is 284 g/mol. The van der Waals surface area contributed by atoms with E-state index >= 15 is 0 Å². The normalized spacial score (nSPS) is 12.0. The number of nitro benzene ring substituents is 1. The Labute approximate surface area is 125 Å². The number of non-ortho nitro benzene ring substituents is 1. The Hall–Kier alpha value is -2.20. The highest BCUT2D eigenvalue weighted by molar-refractivity contribution is 5.34. The molecule has 4 nitrogen and oxygen atoms in total. The molecule has 4 heteroatoms. The van der Waals surface area contributed by atoms with Crippen LogP contribution in [0.2, 0.25) is 0 Å². The summed E-state index contributed by atoms with van der Waals surface area (Å²) in [6.07, 6.45) is 2.13. The summed E-state index contributed by atoms with van der Waals surface area (Å²) >= 11 is 0. The van der Waals surface area contributed by atoms with Crippen molar-refractivity contribution in [3.05, 3.63) is 75.8 Å². The molecule has 0 fully saturated rings. The lowest BCUT2D eigenvalue weighted by molar-refractivity contribution is -0.384. The highest BCUT2D eigenvalue weighted by atomic mass is 16.6. The molecule has 21 heavy (non-hydrogen) atoms. The first kappa shape index (κ1) is 15.2. The van der Waals surface area contributed by atoms with Gasteiger partial charge in [0.2, 0.25) is 0 Å². The van der Waals surface area contributed by atoms with Crippen LogP contribution in [0.25, 0.3) is 0 Å². The third-order valence-corrected chi connectivity index (χ3v) is 3.45. The molecule has 2 aromatic rings. The van der Waals surface area contributed by atoms with Crippen LogP contribution in [-0.4, -0.2) is 4.92 Å². The van der Waals surface area contributed by atoms with Gasteiger partial charge in [0.15, 0.2) is 0 Å². The van der Waals surface area contributed by atoms with Crippen LogP contribution in [0.4, 0.5) is 5.69 Å². The molecule has 0 saturated carbocycles. The van der Waals surface area contributed by atoms with Crippen LogP contribution < -0.4 is 5.32 Å². The monoisotopic (exact) mass is 284 g/mol. The summed E-state index contributed by atoms with van der Waals surface area (Å²) in [5.41, 5.74) is 2.33. The van der Waals surface area contributed by atoms with Gasteiger partial charge >= 0.3 is 0 Å². The largest absolute Gasteiger partial charge is 0.306 e. The van der Waals surface area contributed by atoms with Crippen molar-refractivity contribution >= 4 is 5.69 Å². The third kappa shape index (κ3) is 4.39. The Morgan fingerprint density at radius 2 is 1.90 bits per heavy atom. The fourth-order valence-corrected chi connectivity index (χ4v) is 2.38. The number of nitro groups is 1. The predicted octanol–water partition coefficient (Wildman–Crippen LogP) is 4.23. The molecule has 1 unspecified atom stereocenters. The van der Waals surface area contributed by atoms with E-state index in [-0.39, 0.29) is 16.7 Å². The molecule has 0 aromatic heterocycles. The molecule has 0 aliphatic heterocycles. The number of rotatable bonds is 7. The summed E-state index contributed by atoms with van der Waals surface area (Å²) in [4.78, 5) is 10.4. The lowest BCUT2D eigenvalue weighted by atomic mass is 10.0. The molecular formula is C17H20N2O2. The zero-order valence-electron chi connectivity index (χ0n) is 12.2. The van der Waals surface area contributed by atoms with Gasteiger partial charge in [-0.3, -0.25) is 10.1 Å². The van der Waals surface area contributed by atoms with E-state index in [9.17, 15) is 10.1 Å². The van der Waals surface area contributed by atoms with Gasteiger partial charge in [-0.05, 0) is 17.5 Å². The summed E-state index contributed by atoms with van der Waals surface area (Å²) in [5, 5.41) is 14.3. The highest BCUT2D eigenvalue weighted by Gasteiger charge is 2.11. The van der Waals surface area contributed by atoms with Crippen molar-refractivity contribution in [2.45, 2.75) is 32.4 Å². The van der Waals surface area contributed by atoms with Gasteiger partial charge in [-0.25, -0.2) is 0 Å². The van der Waals surface area contributed by atoms with E-state index in [2.05, 4.69) is 24.4 Å². The van der Waals surface area contributed by atoms with E-state index in [0.717, 1.165) is 18.4 Å². The van der Waals surface area contributed by atoms with Crippen LogP contribution in [0, 0.1) is 10.1 Å². The Balaban J connectivity index is 2.05. The number of nitrogens with zero attached hydrogens (tertiary/aromatic N) is 1. The van der Waals surface area contributed by atoms with Gasteiger partial charge in [-0.15, -0.1) is 0 Å². The van der Waals surface area contributed by atoms with Crippen molar-refractivity contribution in [2.75, 3.05) is 0 Å². The second-order valence-electron chi connectivity index (χ2n) is 5.06. The van der Waals surface area contributed by atoms with Crippen molar-refractivity contribution < 1.29 is 4.92 Å². The average Bonchev–Trinajstić information content (AvgIpc) is 2.52. The van der Waals surface area contributed by atoms with Crippen LogP contribution in [0.5, 0.6) is 0 Å². The topological polar surface area (TPSA) is 55.2 Å². The molecule has 110 valence electrons. The second-order valence-corrected chi connectivity index (χ2v) is 5.06. The molecule has 0 saturated heterocycles. The molecule has 0 radical (unpaired) electrons. The lowest BCUT2D eigenvalue weighted by Gasteiger charge is -2.18. The molecule has 2 rings (SSSR count). The number of benzene rings is 2. The first-order valence-corrected chi connectivity index (χ1v) is 7.22. The molecule has 0 heterocycles. The Bertz CT molecular complexity index is 584. The summed E-state index contributed by atoms with van der Waals surface area (Å²) < 4.78 is 0. The first-order valence-electron chi connectivity index (χ1n) is 7.22. The minimum atomic E-state index is -0.357.